The van der Waals surface area contributed by atoms with Crippen LogP contribution in [0.1, 0.15) is 11.1 Å². The quantitative estimate of drug-likeness (QED) is 0.395. The number of carbonyl (C=O) groups is 1. The lowest BCUT2D eigenvalue weighted by molar-refractivity contribution is -0.137. The number of urea groups is 1. The summed E-state index contributed by atoms with van der Waals surface area (Å²) >= 11 is 0. The molecule has 39 heavy (non-hydrogen) atoms. The summed E-state index contributed by atoms with van der Waals surface area (Å²) in [4.78, 5) is 25.2. The van der Waals surface area contributed by atoms with E-state index in [1.807, 2.05) is 0 Å². The molecule has 3 heterocycles. The number of nitrogens with zero attached hydrogens (tertiary/aromatic N) is 8. The van der Waals surface area contributed by atoms with E-state index in [0.29, 0.717) is 49.1 Å². The summed E-state index contributed by atoms with van der Waals surface area (Å²) in [7, 11) is 0. The molecule has 2 aromatic heterocycles. The summed E-state index contributed by atoms with van der Waals surface area (Å²) < 4.78 is 39.5. The summed E-state index contributed by atoms with van der Waals surface area (Å²) in [6.45, 7) is 2.75. The molecule has 2 amide bonds. The van der Waals surface area contributed by atoms with Crippen molar-refractivity contribution in [2.45, 2.75) is 6.18 Å². The number of halogens is 3. The first kappa shape index (κ1) is 25.5. The van der Waals surface area contributed by atoms with Gasteiger partial charge in [0.05, 0.1) is 28.7 Å². The lowest BCUT2D eigenvalue weighted by Crippen LogP contribution is -2.47. The predicted molar refractivity (Wildman–Crippen MR) is 137 cm³/mol. The Hall–Kier alpha value is -5.19. The minimum absolute atomic E-state index is 0.0878. The maximum Gasteiger partial charge on any atom is 0.416 e. The largest absolute Gasteiger partial charge is 0.416 e. The lowest BCUT2D eigenvalue weighted by Gasteiger charge is -2.36. The molecule has 1 aliphatic rings. The van der Waals surface area contributed by atoms with Gasteiger partial charge in [0.1, 0.15) is 6.07 Å². The third-order valence-electron chi connectivity index (χ3n) is 6.02. The fourth-order valence-electron chi connectivity index (χ4n) is 4.11. The zero-order valence-corrected chi connectivity index (χ0v) is 20.3. The van der Waals surface area contributed by atoms with Crippen LogP contribution < -0.4 is 20.4 Å². The molecular formula is C25H21F3N10O. The topological polar surface area (TPSA) is 128 Å². The van der Waals surface area contributed by atoms with E-state index in [4.69, 9.17) is 0 Å². The SMILES string of the molecule is N#Cc1cc(NC(=O)Nc2cn(-c3ccc(C(F)(F)F)cc3)nn2)ccc1N1CCN(c2ncccn2)CC1. The fraction of sp³-hybridized carbons (Fsp3) is 0.200. The molecule has 4 aromatic rings. The van der Waals surface area contributed by atoms with Crippen LogP contribution >= 0.6 is 0 Å². The van der Waals surface area contributed by atoms with E-state index in [9.17, 15) is 23.2 Å². The Morgan fingerprint density at radius 1 is 0.949 bits per heavy atom. The van der Waals surface area contributed by atoms with Crippen LogP contribution in [0.25, 0.3) is 5.69 Å². The molecule has 0 atom stereocenters. The van der Waals surface area contributed by atoms with E-state index in [-0.39, 0.29) is 5.82 Å². The third kappa shape index (κ3) is 5.87. The molecule has 5 rings (SSSR count). The maximum atomic E-state index is 12.8. The summed E-state index contributed by atoms with van der Waals surface area (Å²) in [6, 6.07) is 12.8. The number of nitrogens with one attached hydrogen (secondary N) is 2. The standard InChI is InChI=1S/C25H21F3N10O/c26-25(27,28)18-2-5-20(6-3-18)38-16-22(34-35-38)33-24(39)32-19-4-7-21(17(14-19)15-29)36-10-12-37(13-11-36)23-30-8-1-9-31-23/h1-9,14,16H,10-13H2,(H2,32,33,39). The number of carbonyl (C=O) groups excluding carboxylic acids is 1. The van der Waals surface area contributed by atoms with Crippen molar-refractivity contribution >= 4 is 29.2 Å². The van der Waals surface area contributed by atoms with Crippen molar-refractivity contribution in [1.29, 1.82) is 5.26 Å². The molecule has 1 saturated heterocycles. The average molecular weight is 535 g/mol. The zero-order chi connectivity index (χ0) is 27.4. The van der Waals surface area contributed by atoms with E-state index < -0.39 is 17.8 Å². The smallest absolute Gasteiger partial charge is 0.367 e. The second-order valence-corrected chi connectivity index (χ2v) is 8.54. The number of nitriles is 1. The molecule has 0 unspecified atom stereocenters. The maximum absolute atomic E-state index is 12.8. The highest BCUT2D eigenvalue weighted by Crippen LogP contribution is 2.30. The van der Waals surface area contributed by atoms with Crippen LogP contribution in [0.3, 0.4) is 0 Å². The summed E-state index contributed by atoms with van der Waals surface area (Å²) in [5.74, 6) is 0.757. The Morgan fingerprint density at radius 2 is 1.64 bits per heavy atom. The van der Waals surface area contributed by atoms with Gasteiger partial charge in [-0.05, 0) is 48.5 Å². The van der Waals surface area contributed by atoms with Crippen LogP contribution in [0.4, 0.5) is 41.1 Å². The number of hydrogen-bond donors (Lipinski definition) is 2. The number of alkyl halides is 3. The van der Waals surface area contributed by atoms with Gasteiger partial charge in [0.15, 0.2) is 5.82 Å². The fourth-order valence-corrected chi connectivity index (χ4v) is 4.11. The molecule has 11 nitrogen and oxygen atoms in total. The van der Waals surface area contributed by atoms with Crippen LogP contribution in [-0.4, -0.2) is 57.2 Å². The van der Waals surface area contributed by atoms with Crippen molar-refractivity contribution in [3.05, 3.63) is 78.2 Å². The van der Waals surface area contributed by atoms with Gasteiger partial charge in [-0.3, -0.25) is 5.32 Å². The highest BCUT2D eigenvalue weighted by Gasteiger charge is 2.30. The molecule has 2 aromatic carbocycles. The third-order valence-corrected chi connectivity index (χ3v) is 6.02. The highest BCUT2D eigenvalue weighted by molar-refractivity contribution is 5.99. The van der Waals surface area contributed by atoms with E-state index in [1.54, 1.807) is 36.7 Å². The van der Waals surface area contributed by atoms with Crippen molar-refractivity contribution in [1.82, 2.24) is 25.0 Å². The lowest BCUT2D eigenvalue weighted by atomic mass is 10.1. The van der Waals surface area contributed by atoms with Gasteiger partial charge >= 0.3 is 12.2 Å². The minimum Gasteiger partial charge on any atom is -0.367 e. The molecule has 0 aliphatic carbocycles. The molecule has 1 fully saturated rings. The molecule has 1 aliphatic heterocycles. The first-order valence-corrected chi connectivity index (χ1v) is 11.8. The Kier molecular flexibility index (Phi) is 6.96. The molecule has 0 radical (unpaired) electrons. The number of rotatable bonds is 5. The summed E-state index contributed by atoms with van der Waals surface area (Å²) in [5, 5.41) is 22.6. The first-order chi connectivity index (χ1) is 18.8. The molecule has 0 saturated carbocycles. The number of benzene rings is 2. The van der Waals surface area contributed by atoms with E-state index in [1.165, 1.54) is 23.0 Å². The molecule has 198 valence electrons. The van der Waals surface area contributed by atoms with Crippen molar-refractivity contribution in [3.8, 4) is 11.8 Å². The number of aromatic nitrogens is 5. The minimum atomic E-state index is -4.44. The normalized spacial score (nSPS) is 13.6. The van der Waals surface area contributed by atoms with Crippen LogP contribution in [0.2, 0.25) is 0 Å². The van der Waals surface area contributed by atoms with E-state index >= 15 is 0 Å². The van der Waals surface area contributed by atoms with Crippen molar-refractivity contribution in [2.24, 2.45) is 0 Å². The Labute approximate surface area is 220 Å². The second kappa shape index (κ2) is 10.7. The average Bonchev–Trinajstić information content (AvgIpc) is 3.41. The Morgan fingerprint density at radius 3 is 2.31 bits per heavy atom. The van der Waals surface area contributed by atoms with Gasteiger partial charge in [-0.2, -0.15) is 18.4 Å². The first-order valence-electron chi connectivity index (χ1n) is 11.8. The summed E-state index contributed by atoms with van der Waals surface area (Å²) in [5.41, 5.74) is 1.13. The summed E-state index contributed by atoms with van der Waals surface area (Å²) in [6.07, 6.45) is 0.325. The second-order valence-electron chi connectivity index (χ2n) is 8.54. The number of hydrogen-bond acceptors (Lipinski definition) is 8. The van der Waals surface area contributed by atoms with Crippen LogP contribution in [0.5, 0.6) is 0 Å². The van der Waals surface area contributed by atoms with Gasteiger partial charge in [-0.1, -0.05) is 5.21 Å². The molecule has 0 spiro atoms. The van der Waals surface area contributed by atoms with Gasteiger partial charge < -0.3 is 15.1 Å². The highest BCUT2D eigenvalue weighted by atomic mass is 19.4. The van der Waals surface area contributed by atoms with E-state index in [0.717, 1.165) is 17.8 Å². The zero-order valence-electron chi connectivity index (χ0n) is 20.3. The molecule has 0 bridgehead atoms. The van der Waals surface area contributed by atoms with Crippen molar-refractivity contribution in [2.75, 3.05) is 46.6 Å². The van der Waals surface area contributed by atoms with Crippen LogP contribution in [-0.2, 0) is 6.18 Å². The van der Waals surface area contributed by atoms with Gasteiger partial charge in [0.25, 0.3) is 0 Å². The molecule has 2 N–H and O–H groups in total. The molecule has 14 heteroatoms. The number of anilines is 4. The monoisotopic (exact) mass is 534 g/mol. The Balaban J connectivity index is 1.19. The number of amides is 2. The van der Waals surface area contributed by atoms with Gasteiger partial charge in [0.2, 0.25) is 5.95 Å². The molecular weight excluding hydrogens is 513 g/mol. The van der Waals surface area contributed by atoms with Crippen molar-refractivity contribution in [3.63, 3.8) is 0 Å². The van der Waals surface area contributed by atoms with Gasteiger partial charge in [-0.15, -0.1) is 5.10 Å². The van der Waals surface area contributed by atoms with Gasteiger partial charge in [-0.25, -0.2) is 19.4 Å². The number of piperazine rings is 1. The Bertz CT molecular complexity index is 1490. The van der Waals surface area contributed by atoms with Crippen molar-refractivity contribution < 1.29 is 18.0 Å². The van der Waals surface area contributed by atoms with E-state index in [2.05, 4.69) is 46.8 Å². The van der Waals surface area contributed by atoms with Crippen LogP contribution in [0.15, 0.2) is 67.1 Å². The van der Waals surface area contributed by atoms with Crippen LogP contribution in [0, 0.1) is 11.3 Å². The predicted octanol–water partition coefficient (Wildman–Crippen LogP) is 3.92. The van der Waals surface area contributed by atoms with Gasteiger partial charge in [0, 0.05) is 44.3 Å².